The summed E-state index contributed by atoms with van der Waals surface area (Å²) in [5, 5.41) is 23.7. The monoisotopic (exact) mass is 330 g/mol. The number of thioether (sulfide) groups is 1. The van der Waals surface area contributed by atoms with E-state index in [2.05, 4.69) is 5.32 Å². The highest BCUT2D eigenvalue weighted by atomic mass is 32.2. The Kier molecular flexibility index (Phi) is 4.89. The average Bonchev–Trinajstić information content (AvgIpc) is 3.12. The number of aliphatic hydroxyl groups excluding tert-OH is 1. The third-order valence-corrected chi connectivity index (χ3v) is 6.65. The lowest BCUT2D eigenvalue weighted by Crippen LogP contribution is -2.43. The lowest BCUT2D eigenvalue weighted by atomic mass is 9.82. The molecule has 2 saturated heterocycles. The van der Waals surface area contributed by atoms with E-state index < -0.39 is 17.4 Å². The van der Waals surface area contributed by atoms with Gasteiger partial charge in [-0.25, -0.2) is 0 Å². The topological polar surface area (TPSA) is 102 Å². The number of hydrogen-bond acceptors (Lipinski definition) is 6. The molecule has 0 aromatic heterocycles. The summed E-state index contributed by atoms with van der Waals surface area (Å²) in [6, 6.07) is -0.533. The van der Waals surface area contributed by atoms with E-state index in [0.29, 0.717) is 25.8 Å². The SMILES string of the molecule is O=C(NCC1CCCO1)C1SC2CC([N+](=O)[O-])CCC2C1O. The minimum Gasteiger partial charge on any atom is -0.391 e. The summed E-state index contributed by atoms with van der Waals surface area (Å²) < 4.78 is 5.47. The van der Waals surface area contributed by atoms with E-state index in [-0.39, 0.29) is 28.1 Å². The van der Waals surface area contributed by atoms with Gasteiger partial charge in [-0.2, -0.15) is 0 Å². The Balaban J connectivity index is 1.54. The molecule has 1 amide bonds. The maximum atomic E-state index is 12.3. The first-order chi connectivity index (χ1) is 10.6. The van der Waals surface area contributed by atoms with Gasteiger partial charge in [0.05, 0.1) is 12.2 Å². The van der Waals surface area contributed by atoms with Crippen LogP contribution >= 0.6 is 11.8 Å². The van der Waals surface area contributed by atoms with Crippen LogP contribution in [0.2, 0.25) is 0 Å². The molecule has 0 spiro atoms. The van der Waals surface area contributed by atoms with Gasteiger partial charge in [0, 0.05) is 36.2 Å². The van der Waals surface area contributed by atoms with Crippen molar-refractivity contribution >= 4 is 17.7 Å². The molecule has 3 fully saturated rings. The Labute approximate surface area is 133 Å². The summed E-state index contributed by atoms with van der Waals surface area (Å²) in [4.78, 5) is 23.0. The second-order valence-corrected chi connectivity index (χ2v) is 7.77. The number of nitrogens with zero attached hydrogens (tertiary/aromatic N) is 1. The number of nitrogens with one attached hydrogen (secondary N) is 1. The molecule has 7 nitrogen and oxygen atoms in total. The Morgan fingerprint density at radius 3 is 2.91 bits per heavy atom. The Morgan fingerprint density at radius 2 is 2.23 bits per heavy atom. The second-order valence-electron chi connectivity index (χ2n) is 6.38. The molecule has 3 aliphatic rings. The lowest BCUT2D eigenvalue weighted by molar-refractivity contribution is -0.526. The molecule has 1 saturated carbocycles. The van der Waals surface area contributed by atoms with Crippen molar-refractivity contribution in [2.24, 2.45) is 5.92 Å². The molecular weight excluding hydrogens is 308 g/mol. The van der Waals surface area contributed by atoms with Crippen LogP contribution in [0, 0.1) is 16.0 Å². The molecule has 0 radical (unpaired) electrons. The summed E-state index contributed by atoms with van der Waals surface area (Å²) in [6.45, 7) is 1.23. The van der Waals surface area contributed by atoms with Crippen LogP contribution in [0.15, 0.2) is 0 Å². The van der Waals surface area contributed by atoms with E-state index in [0.717, 1.165) is 19.4 Å². The normalized spacial score (nSPS) is 41.1. The van der Waals surface area contributed by atoms with Crippen LogP contribution in [-0.2, 0) is 9.53 Å². The fourth-order valence-corrected chi connectivity index (χ4v) is 5.48. The van der Waals surface area contributed by atoms with Crippen molar-refractivity contribution in [1.29, 1.82) is 0 Å². The number of nitro groups is 1. The molecule has 1 aliphatic carbocycles. The summed E-state index contributed by atoms with van der Waals surface area (Å²) >= 11 is 1.41. The summed E-state index contributed by atoms with van der Waals surface area (Å²) in [5.74, 6) is -0.167. The largest absolute Gasteiger partial charge is 0.391 e. The van der Waals surface area contributed by atoms with Crippen LogP contribution in [0.3, 0.4) is 0 Å². The fraction of sp³-hybridized carbons (Fsp3) is 0.929. The minimum absolute atomic E-state index is 0.000296. The van der Waals surface area contributed by atoms with Crippen LogP contribution < -0.4 is 5.32 Å². The molecule has 6 atom stereocenters. The number of amides is 1. The van der Waals surface area contributed by atoms with Gasteiger partial charge < -0.3 is 15.2 Å². The van der Waals surface area contributed by atoms with Gasteiger partial charge >= 0.3 is 0 Å². The van der Waals surface area contributed by atoms with E-state index in [1.54, 1.807) is 0 Å². The molecule has 2 N–H and O–H groups in total. The number of carbonyl (C=O) groups is 1. The molecule has 3 rings (SSSR count). The molecule has 0 aromatic rings. The second kappa shape index (κ2) is 6.72. The van der Waals surface area contributed by atoms with Gasteiger partial charge in [-0.1, -0.05) is 0 Å². The first-order valence-electron chi connectivity index (χ1n) is 7.92. The standard InChI is InChI=1S/C14H22N2O5S/c17-12-10-4-3-8(16(19)20)6-11(10)22-13(12)14(18)15-7-9-2-1-5-21-9/h8-13,17H,1-7H2,(H,15,18). The molecule has 0 aromatic carbocycles. The Bertz CT molecular complexity index is 443. The molecule has 124 valence electrons. The zero-order chi connectivity index (χ0) is 15.7. The number of aliphatic hydroxyl groups is 1. The van der Waals surface area contributed by atoms with E-state index in [4.69, 9.17) is 4.74 Å². The third-order valence-electron chi connectivity index (χ3n) is 4.97. The van der Waals surface area contributed by atoms with Gasteiger partial charge in [-0.3, -0.25) is 14.9 Å². The lowest BCUT2D eigenvalue weighted by Gasteiger charge is -2.27. The third kappa shape index (κ3) is 3.23. The Morgan fingerprint density at radius 1 is 1.41 bits per heavy atom. The highest BCUT2D eigenvalue weighted by Crippen LogP contribution is 2.46. The van der Waals surface area contributed by atoms with Gasteiger partial charge in [0.2, 0.25) is 11.9 Å². The van der Waals surface area contributed by atoms with E-state index >= 15 is 0 Å². The Hall–Kier alpha value is -0.860. The van der Waals surface area contributed by atoms with Gasteiger partial charge in [0.15, 0.2) is 0 Å². The molecular formula is C14H22N2O5S. The maximum absolute atomic E-state index is 12.3. The first kappa shape index (κ1) is 16.0. The van der Waals surface area contributed by atoms with Crippen molar-refractivity contribution in [2.75, 3.05) is 13.2 Å². The predicted octanol–water partition coefficient (Wildman–Crippen LogP) is 0.572. The number of rotatable bonds is 4. The van der Waals surface area contributed by atoms with Crippen LogP contribution in [-0.4, -0.2) is 57.8 Å². The van der Waals surface area contributed by atoms with Gasteiger partial charge in [0.1, 0.15) is 5.25 Å². The predicted molar refractivity (Wildman–Crippen MR) is 81.3 cm³/mol. The highest BCUT2D eigenvalue weighted by molar-refractivity contribution is 8.01. The van der Waals surface area contributed by atoms with Crippen molar-refractivity contribution in [2.45, 2.75) is 60.9 Å². The molecule has 2 aliphatic heterocycles. The average molecular weight is 330 g/mol. The fourth-order valence-electron chi connectivity index (χ4n) is 3.70. The van der Waals surface area contributed by atoms with Crippen LogP contribution in [0.4, 0.5) is 0 Å². The van der Waals surface area contributed by atoms with E-state index in [9.17, 15) is 20.0 Å². The van der Waals surface area contributed by atoms with Crippen molar-refractivity contribution in [3.05, 3.63) is 10.1 Å². The number of carbonyl (C=O) groups excluding carboxylic acids is 1. The number of fused-ring (bicyclic) bond motifs is 1. The van der Waals surface area contributed by atoms with Gasteiger partial charge in [-0.15, -0.1) is 11.8 Å². The zero-order valence-electron chi connectivity index (χ0n) is 12.3. The van der Waals surface area contributed by atoms with Crippen molar-refractivity contribution in [3.63, 3.8) is 0 Å². The molecule has 6 unspecified atom stereocenters. The molecule has 8 heteroatoms. The van der Waals surface area contributed by atoms with Gasteiger partial charge in [0.25, 0.3) is 0 Å². The molecule has 0 bridgehead atoms. The van der Waals surface area contributed by atoms with Crippen LogP contribution in [0.5, 0.6) is 0 Å². The smallest absolute Gasteiger partial charge is 0.235 e. The summed E-state index contributed by atoms with van der Waals surface area (Å²) in [7, 11) is 0. The molecule has 22 heavy (non-hydrogen) atoms. The minimum atomic E-state index is -0.702. The van der Waals surface area contributed by atoms with Crippen molar-refractivity contribution < 1.29 is 19.6 Å². The zero-order valence-corrected chi connectivity index (χ0v) is 13.2. The maximum Gasteiger partial charge on any atom is 0.235 e. The van der Waals surface area contributed by atoms with Crippen molar-refractivity contribution in [1.82, 2.24) is 5.32 Å². The van der Waals surface area contributed by atoms with Crippen LogP contribution in [0.1, 0.15) is 32.1 Å². The number of ether oxygens (including phenoxy) is 1. The number of hydrogen-bond donors (Lipinski definition) is 2. The van der Waals surface area contributed by atoms with E-state index in [1.807, 2.05) is 0 Å². The van der Waals surface area contributed by atoms with Crippen molar-refractivity contribution in [3.8, 4) is 0 Å². The quantitative estimate of drug-likeness (QED) is 0.577. The first-order valence-corrected chi connectivity index (χ1v) is 8.87. The highest BCUT2D eigenvalue weighted by Gasteiger charge is 2.50. The molecule has 2 heterocycles. The van der Waals surface area contributed by atoms with E-state index in [1.165, 1.54) is 11.8 Å². The van der Waals surface area contributed by atoms with Gasteiger partial charge in [-0.05, 0) is 25.2 Å². The summed E-state index contributed by atoms with van der Waals surface area (Å²) in [6.07, 6.45) is 2.93. The summed E-state index contributed by atoms with van der Waals surface area (Å²) in [5.41, 5.74) is 0. The van der Waals surface area contributed by atoms with Crippen LogP contribution in [0.25, 0.3) is 0 Å².